The summed E-state index contributed by atoms with van der Waals surface area (Å²) in [7, 11) is 0. The van der Waals surface area contributed by atoms with Gasteiger partial charge in [-0.1, -0.05) is 6.07 Å². The zero-order chi connectivity index (χ0) is 18.8. The van der Waals surface area contributed by atoms with Crippen LogP contribution in [0, 0.1) is 5.82 Å². The minimum Gasteiger partial charge on any atom is -0.340 e. The summed E-state index contributed by atoms with van der Waals surface area (Å²) in [5.74, 6) is 4.93. The Balaban J connectivity index is 1.68. The van der Waals surface area contributed by atoms with Crippen LogP contribution in [0.1, 0.15) is 10.4 Å². The van der Waals surface area contributed by atoms with E-state index in [-0.39, 0.29) is 11.7 Å². The zero-order valence-electron chi connectivity index (χ0n) is 13.9. The van der Waals surface area contributed by atoms with Crippen molar-refractivity contribution >= 4 is 28.4 Å². The monoisotopic (exact) mass is 363 g/mol. The highest BCUT2D eigenvalue weighted by molar-refractivity contribution is 5.94. The Hall–Kier alpha value is -3.85. The minimum atomic E-state index is -0.373. The van der Waals surface area contributed by atoms with Crippen molar-refractivity contribution < 1.29 is 9.18 Å². The van der Waals surface area contributed by atoms with Crippen LogP contribution >= 0.6 is 0 Å². The van der Waals surface area contributed by atoms with E-state index in [1.165, 1.54) is 18.5 Å². The molecule has 134 valence electrons. The van der Waals surface area contributed by atoms with E-state index in [1.807, 2.05) is 0 Å². The largest absolute Gasteiger partial charge is 0.340 e. The Morgan fingerprint density at radius 1 is 1.11 bits per heavy atom. The van der Waals surface area contributed by atoms with Gasteiger partial charge in [-0.05, 0) is 42.5 Å². The molecule has 0 bridgehead atoms. The van der Waals surface area contributed by atoms with E-state index in [2.05, 4.69) is 25.8 Å². The fourth-order valence-corrected chi connectivity index (χ4v) is 2.67. The summed E-state index contributed by atoms with van der Waals surface area (Å²) in [6, 6.07) is 12.8. The van der Waals surface area contributed by atoms with Crippen LogP contribution in [0.15, 0.2) is 61.1 Å². The molecule has 0 fully saturated rings. The number of fused-ring (bicyclic) bond motifs is 1. The van der Waals surface area contributed by atoms with E-state index in [0.29, 0.717) is 28.1 Å². The third-order valence-electron chi connectivity index (χ3n) is 3.96. The van der Waals surface area contributed by atoms with Crippen LogP contribution < -0.4 is 16.6 Å². The second-order valence-corrected chi connectivity index (χ2v) is 5.67. The number of hydrazine groups is 1. The number of rotatable bonds is 4. The number of halogens is 1. The predicted molar refractivity (Wildman–Crippen MR) is 98.0 cm³/mol. The number of nitrogen functional groups attached to an aromatic ring is 1. The number of aromatic nitrogens is 4. The van der Waals surface area contributed by atoms with E-state index >= 15 is 0 Å². The molecule has 8 nitrogen and oxygen atoms in total. The zero-order valence-corrected chi connectivity index (χ0v) is 13.9. The topological polar surface area (TPSA) is 111 Å². The lowest BCUT2D eigenvalue weighted by Gasteiger charge is -2.08. The Bertz CT molecular complexity index is 1120. The first-order valence-corrected chi connectivity index (χ1v) is 7.98. The fourth-order valence-electron chi connectivity index (χ4n) is 2.67. The van der Waals surface area contributed by atoms with E-state index in [1.54, 1.807) is 47.3 Å². The molecule has 4 rings (SSSR count). The summed E-state index contributed by atoms with van der Waals surface area (Å²) < 4.78 is 15.1. The van der Waals surface area contributed by atoms with Crippen LogP contribution in [-0.2, 0) is 0 Å². The van der Waals surface area contributed by atoms with Crippen LogP contribution in [-0.4, -0.2) is 25.7 Å². The van der Waals surface area contributed by atoms with Crippen LogP contribution in [0.3, 0.4) is 0 Å². The lowest BCUT2D eigenvalue weighted by molar-refractivity contribution is 0.0953. The molecule has 0 aliphatic carbocycles. The van der Waals surface area contributed by atoms with Crippen LogP contribution in [0.5, 0.6) is 0 Å². The molecule has 9 heteroatoms. The number of carbonyl (C=O) groups excluding carboxylic acids is 1. The van der Waals surface area contributed by atoms with Gasteiger partial charge in [0.15, 0.2) is 5.65 Å². The molecule has 0 aliphatic rings. The summed E-state index contributed by atoms with van der Waals surface area (Å²) in [4.78, 5) is 20.0. The summed E-state index contributed by atoms with van der Waals surface area (Å²) in [5, 5.41) is 8.14. The molecule has 2 heterocycles. The predicted octanol–water partition coefficient (Wildman–Crippen LogP) is 2.30. The molecule has 2 aromatic carbocycles. The standard InChI is InChI=1S/C18H14FN7O/c19-12-2-1-3-14(8-12)26-17-15(9-23-26)16(21-10-22-17)24-13-6-4-11(5-7-13)18(27)25-20/h1-10H,20H2,(H,25,27)(H,21,22,24). The van der Waals surface area contributed by atoms with Crippen LogP contribution in [0.25, 0.3) is 16.7 Å². The minimum absolute atomic E-state index is 0.356. The number of benzene rings is 2. The maximum absolute atomic E-state index is 13.5. The van der Waals surface area contributed by atoms with Crippen molar-refractivity contribution in [3.05, 3.63) is 72.4 Å². The van der Waals surface area contributed by atoms with Crippen LogP contribution in [0.2, 0.25) is 0 Å². The number of nitrogens with two attached hydrogens (primary N) is 1. The van der Waals surface area contributed by atoms with Crippen molar-refractivity contribution in [2.45, 2.75) is 0 Å². The van der Waals surface area contributed by atoms with Crippen molar-refractivity contribution in [2.24, 2.45) is 5.84 Å². The number of nitrogens with zero attached hydrogens (tertiary/aromatic N) is 4. The molecule has 0 spiro atoms. The highest BCUT2D eigenvalue weighted by Gasteiger charge is 2.12. The van der Waals surface area contributed by atoms with Crippen molar-refractivity contribution in [2.75, 3.05) is 5.32 Å². The fraction of sp³-hybridized carbons (Fsp3) is 0. The highest BCUT2D eigenvalue weighted by Crippen LogP contribution is 2.24. The van der Waals surface area contributed by atoms with E-state index in [0.717, 1.165) is 5.69 Å². The van der Waals surface area contributed by atoms with Gasteiger partial charge in [0, 0.05) is 11.3 Å². The van der Waals surface area contributed by atoms with Gasteiger partial charge in [-0.25, -0.2) is 24.9 Å². The molecule has 27 heavy (non-hydrogen) atoms. The Kier molecular flexibility index (Phi) is 4.19. The smallest absolute Gasteiger partial charge is 0.265 e. The van der Waals surface area contributed by atoms with Gasteiger partial charge in [-0.15, -0.1) is 0 Å². The first-order chi connectivity index (χ1) is 13.2. The van der Waals surface area contributed by atoms with E-state index in [9.17, 15) is 9.18 Å². The third-order valence-corrected chi connectivity index (χ3v) is 3.96. The molecular weight excluding hydrogens is 349 g/mol. The normalized spacial score (nSPS) is 10.7. The molecule has 0 atom stereocenters. The second kappa shape index (κ2) is 6.81. The summed E-state index contributed by atoms with van der Waals surface area (Å²) in [5.41, 5.74) is 4.34. The molecule has 0 saturated carbocycles. The molecule has 4 aromatic rings. The van der Waals surface area contributed by atoms with Gasteiger partial charge >= 0.3 is 0 Å². The Morgan fingerprint density at radius 2 is 1.93 bits per heavy atom. The molecule has 1 amide bonds. The van der Waals surface area contributed by atoms with Crippen molar-refractivity contribution in [1.82, 2.24) is 25.2 Å². The number of anilines is 2. The Morgan fingerprint density at radius 3 is 2.67 bits per heavy atom. The quantitative estimate of drug-likeness (QED) is 0.291. The van der Waals surface area contributed by atoms with E-state index < -0.39 is 0 Å². The molecule has 0 aliphatic heterocycles. The average molecular weight is 363 g/mol. The molecule has 0 radical (unpaired) electrons. The van der Waals surface area contributed by atoms with Gasteiger partial charge in [0.2, 0.25) is 0 Å². The number of hydrogen-bond donors (Lipinski definition) is 3. The van der Waals surface area contributed by atoms with Gasteiger partial charge in [0.1, 0.15) is 18.0 Å². The third kappa shape index (κ3) is 3.18. The van der Waals surface area contributed by atoms with Crippen molar-refractivity contribution in [3.63, 3.8) is 0 Å². The maximum atomic E-state index is 13.5. The van der Waals surface area contributed by atoms with Gasteiger partial charge in [0.05, 0.1) is 17.3 Å². The molecule has 2 aromatic heterocycles. The maximum Gasteiger partial charge on any atom is 0.265 e. The lowest BCUT2D eigenvalue weighted by atomic mass is 10.2. The summed E-state index contributed by atoms with van der Waals surface area (Å²) >= 11 is 0. The van der Waals surface area contributed by atoms with Gasteiger partial charge < -0.3 is 5.32 Å². The van der Waals surface area contributed by atoms with Gasteiger partial charge in [-0.2, -0.15) is 5.10 Å². The molecule has 4 N–H and O–H groups in total. The van der Waals surface area contributed by atoms with Crippen molar-refractivity contribution in [3.8, 4) is 5.69 Å². The number of carbonyl (C=O) groups is 1. The van der Waals surface area contributed by atoms with Crippen LogP contribution in [0.4, 0.5) is 15.9 Å². The lowest BCUT2D eigenvalue weighted by Crippen LogP contribution is -2.29. The van der Waals surface area contributed by atoms with Crippen molar-refractivity contribution in [1.29, 1.82) is 0 Å². The van der Waals surface area contributed by atoms with Gasteiger partial charge in [0.25, 0.3) is 5.91 Å². The highest BCUT2D eigenvalue weighted by atomic mass is 19.1. The number of nitrogens with one attached hydrogen (secondary N) is 2. The molecule has 0 unspecified atom stereocenters. The second-order valence-electron chi connectivity index (χ2n) is 5.67. The number of amides is 1. The van der Waals surface area contributed by atoms with Gasteiger partial charge in [-0.3, -0.25) is 10.2 Å². The first kappa shape index (κ1) is 16.6. The Labute approximate surface area is 152 Å². The summed E-state index contributed by atoms with van der Waals surface area (Å²) in [6.45, 7) is 0. The SMILES string of the molecule is NNC(=O)c1ccc(Nc2ncnc3c2cnn3-c2cccc(F)c2)cc1. The molecule has 0 saturated heterocycles. The number of hydrogen-bond acceptors (Lipinski definition) is 6. The first-order valence-electron chi connectivity index (χ1n) is 7.98. The van der Waals surface area contributed by atoms with E-state index in [4.69, 9.17) is 5.84 Å². The average Bonchev–Trinajstić information content (AvgIpc) is 3.13. The summed E-state index contributed by atoms with van der Waals surface area (Å²) in [6.07, 6.45) is 3.01. The molecular formula is C18H14FN7O.